The molecule has 1 heterocycles. The molecule has 0 aliphatic carbocycles. The molecule has 2 aromatic rings. The Hall–Kier alpha value is -2.59. The van der Waals surface area contributed by atoms with E-state index in [-0.39, 0.29) is 23.0 Å². The maximum Gasteiger partial charge on any atom is 0.251 e. The predicted octanol–water partition coefficient (Wildman–Crippen LogP) is 4.76. The van der Waals surface area contributed by atoms with Crippen molar-refractivity contribution in [2.24, 2.45) is 0 Å². The van der Waals surface area contributed by atoms with Gasteiger partial charge in [-0.15, -0.1) is 0 Å². The van der Waals surface area contributed by atoms with Gasteiger partial charge >= 0.3 is 0 Å². The van der Waals surface area contributed by atoms with E-state index in [1.54, 1.807) is 24.3 Å². The van der Waals surface area contributed by atoms with Crippen LogP contribution in [-0.4, -0.2) is 30.1 Å². The van der Waals surface area contributed by atoms with Gasteiger partial charge in [0.1, 0.15) is 17.6 Å². The zero-order valence-electron chi connectivity index (χ0n) is 19.3. The summed E-state index contributed by atoms with van der Waals surface area (Å²) in [5.41, 5.74) is 1.65. The number of halogens is 1. The van der Waals surface area contributed by atoms with Crippen LogP contribution in [0.15, 0.2) is 36.4 Å². The van der Waals surface area contributed by atoms with E-state index in [9.17, 15) is 10.1 Å². The zero-order chi connectivity index (χ0) is 23.5. The highest BCUT2D eigenvalue weighted by molar-refractivity contribution is 6.32. The summed E-state index contributed by atoms with van der Waals surface area (Å²) >= 11 is 6.44. The molecule has 170 valence electrons. The van der Waals surface area contributed by atoms with Gasteiger partial charge in [0.2, 0.25) is 0 Å². The maximum atomic E-state index is 12.9. The average molecular weight is 455 g/mol. The van der Waals surface area contributed by atoms with Crippen molar-refractivity contribution in [1.29, 1.82) is 5.26 Å². The van der Waals surface area contributed by atoms with Gasteiger partial charge in [0.15, 0.2) is 0 Å². The molecule has 1 aliphatic heterocycles. The molecule has 0 bridgehead atoms. The second kappa shape index (κ2) is 9.50. The molecule has 0 radical (unpaired) electrons. The van der Waals surface area contributed by atoms with Crippen LogP contribution in [-0.2, 0) is 6.54 Å². The van der Waals surface area contributed by atoms with Crippen LogP contribution in [0.3, 0.4) is 0 Å². The zero-order valence-corrected chi connectivity index (χ0v) is 20.1. The number of ether oxygens (including phenoxy) is 1. The second-order valence-electron chi connectivity index (χ2n) is 9.65. The fraction of sp³-hybridized carbons (Fsp3) is 0.440. The summed E-state index contributed by atoms with van der Waals surface area (Å²) in [5.74, 6) is 0.662. The molecule has 3 N–H and O–H groups in total. The fourth-order valence-electron chi connectivity index (χ4n) is 4.66. The van der Waals surface area contributed by atoms with E-state index >= 15 is 0 Å². The lowest BCUT2D eigenvalue weighted by Gasteiger charge is -2.46. The molecule has 32 heavy (non-hydrogen) atoms. The SMILES string of the molecule is CNCc1cccc(Oc2ccc(C(=O)NC3CC(C)(C)NC(C)(C)C3)cc2Cl)c1C#N. The number of nitriles is 1. The van der Waals surface area contributed by atoms with Gasteiger partial charge in [0, 0.05) is 29.2 Å². The lowest BCUT2D eigenvalue weighted by atomic mass is 9.79. The number of hydrogen-bond acceptors (Lipinski definition) is 5. The molecular formula is C25H31ClN4O2. The van der Waals surface area contributed by atoms with Gasteiger partial charge in [-0.2, -0.15) is 5.26 Å². The number of benzene rings is 2. The maximum absolute atomic E-state index is 12.9. The molecular weight excluding hydrogens is 424 g/mol. The molecule has 1 aliphatic rings. The summed E-state index contributed by atoms with van der Waals surface area (Å²) in [5, 5.41) is 19.7. The molecule has 1 fully saturated rings. The first-order valence-corrected chi connectivity index (χ1v) is 11.2. The van der Waals surface area contributed by atoms with Crippen molar-refractivity contribution in [3.63, 3.8) is 0 Å². The Bertz CT molecular complexity index is 1030. The number of hydrogen-bond donors (Lipinski definition) is 3. The Morgan fingerprint density at radius 2 is 1.88 bits per heavy atom. The van der Waals surface area contributed by atoms with E-state index < -0.39 is 0 Å². The van der Waals surface area contributed by atoms with Crippen molar-refractivity contribution in [3.05, 3.63) is 58.1 Å². The summed E-state index contributed by atoms with van der Waals surface area (Å²) < 4.78 is 5.94. The lowest BCUT2D eigenvalue weighted by molar-refractivity contribution is 0.0873. The number of carbonyl (C=O) groups is 1. The van der Waals surface area contributed by atoms with Crippen LogP contribution in [0.2, 0.25) is 5.02 Å². The monoisotopic (exact) mass is 454 g/mol. The van der Waals surface area contributed by atoms with Crippen LogP contribution in [0, 0.1) is 11.3 Å². The second-order valence-corrected chi connectivity index (χ2v) is 10.1. The van der Waals surface area contributed by atoms with Gasteiger partial charge in [-0.25, -0.2) is 0 Å². The Morgan fingerprint density at radius 3 is 2.47 bits per heavy atom. The molecule has 2 aromatic carbocycles. The van der Waals surface area contributed by atoms with E-state index in [1.165, 1.54) is 0 Å². The van der Waals surface area contributed by atoms with E-state index in [4.69, 9.17) is 16.3 Å². The Morgan fingerprint density at radius 1 is 1.19 bits per heavy atom. The average Bonchev–Trinajstić information content (AvgIpc) is 2.67. The minimum atomic E-state index is -0.161. The standard InChI is InChI=1S/C25H31ClN4O2/c1-24(2)12-18(13-25(3,4)30-24)29-23(31)16-9-10-22(20(26)11-16)32-21-8-6-7-17(15-28-5)19(21)14-27/h6-11,18,28,30H,12-13,15H2,1-5H3,(H,29,31). The van der Waals surface area contributed by atoms with E-state index in [0.717, 1.165) is 18.4 Å². The van der Waals surface area contributed by atoms with Gasteiger partial charge in [0.05, 0.1) is 10.6 Å². The van der Waals surface area contributed by atoms with Gasteiger partial charge in [0.25, 0.3) is 5.91 Å². The topological polar surface area (TPSA) is 86.2 Å². The molecule has 0 atom stereocenters. The molecule has 0 aromatic heterocycles. The van der Waals surface area contributed by atoms with Crippen molar-refractivity contribution in [3.8, 4) is 17.6 Å². The molecule has 0 saturated carbocycles. The van der Waals surface area contributed by atoms with Crippen molar-refractivity contribution < 1.29 is 9.53 Å². The smallest absolute Gasteiger partial charge is 0.251 e. The van der Waals surface area contributed by atoms with Crippen LogP contribution in [0.25, 0.3) is 0 Å². The van der Waals surface area contributed by atoms with Crippen LogP contribution >= 0.6 is 11.6 Å². The third-order valence-electron chi connectivity index (χ3n) is 5.53. The molecule has 0 spiro atoms. The number of carbonyl (C=O) groups excluding carboxylic acids is 1. The number of rotatable bonds is 6. The van der Waals surface area contributed by atoms with E-state index in [0.29, 0.717) is 34.2 Å². The number of nitrogens with one attached hydrogen (secondary N) is 3. The summed E-state index contributed by atoms with van der Waals surface area (Å²) in [6.45, 7) is 9.15. The highest BCUT2D eigenvalue weighted by atomic mass is 35.5. The van der Waals surface area contributed by atoms with E-state index in [1.807, 2.05) is 19.2 Å². The minimum Gasteiger partial charge on any atom is -0.454 e. The van der Waals surface area contributed by atoms with Crippen LogP contribution in [0.4, 0.5) is 0 Å². The lowest BCUT2D eigenvalue weighted by Crippen LogP contribution is -2.62. The number of amides is 1. The van der Waals surface area contributed by atoms with E-state index in [2.05, 4.69) is 49.7 Å². The van der Waals surface area contributed by atoms with Crippen molar-refractivity contribution in [2.45, 2.75) is 64.2 Å². The van der Waals surface area contributed by atoms with Crippen molar-refractivity contribution >= 4 is 17.5 Å². The molecule has 6 nitrogen and oxygen atoms in total. The summed E-state index contributed by atoms with van der Waals surface area (Å²) in [6, 6.07) is 12.7. The quantitative estimate of drug-likeness (QED) is 0.585. The Labute approximate surface area is 195 Å². The first kappa shape index (κ1) is 24.1. The normalized spacial score (nSPS) is 17.4. The molecule has 1 amide bonds. The number of piperidine rings is 1. The van der Waals surface area contributed by atoms with Gasteiger partial charge in [-0.1, -0.05) is 23.7 Å². The highest BCUT2D eigenvalue weighted by Crippen LogP contribution is 2.33. The molecule has 1 saturated heterocycles. The molecule has 7 heteroatoms. The predicted molar refractivity (Wildman–Crippen MR) is 127 cm³/mol. The Balaban J connectivity index is 1.75. The van der Waals surface area contributed by atoms with Gasteiger partial charge in [-0.05, 0) is 77.4 Å². The van der Waals surface area contributed by atoms with Crippen molar-refractivity contribution in [2.75, 3.05) is 7.05 Å². The van der Waals surface area contributed by atoms with Gasteiger partial charge in [-0.3, -0.25) is 4.79 Å². The summed E-state index contributed by atoms with van der Waals surface area (Å²) in [4.78, 5) is 12.9. The third kappa shape index (κ3) is 5.80. The van der Waals surface area contributed by atoms with Crippen LogP contribution < -0.4 is 20.7 Å². The van der Waals surface area contributed by atoms with Crippen LogP contribution in [0.1, 0.15) is 62.0 Å². The highest BCUT2D eigenvalue weighted by Gasteiger charge is 2.38. The minimum absolute atomic E-state index is 0.0602. The van der Waals surface area contributed by atoms with Crippen molar-refractivity contribution in [1.82, 2.24) is 16.0 Å². The summed E-state index contributed by atoms with van der Waals surface area (Å²) in [6.07, 6.45) is 1.69. The largest absolute Gasteiger partial charge is 0.454 e. The molecule has 0 unspecified atom stereocenters. The molecule has 3 rings (SSSR count). The van der Waals surface area contributed by atoms with Gasteiger partial charge < -0.3 is 20.7 Å². The summed E-state index contributed by atoms with van der Waals surface area (Å²) in [7, 11) is 1.82. The first-order chi connectivity index (χ1) is 15.0. The van der Waals surface area contributed by atoms with Crippen LogP contribution in [0.5, 0.6) is 11.5 Å². The number of nitrogens with zero attached hydrogens (tertiary/aromatic N) is 1. The fourth-order valence-corrected chi connectivity index (χ4v) is 4.88. The third-order valence-corrected chi connectivity index (χ3v) is 5.83. The first-order valence-electron chi connectivity index (χ1n) is 10.8. The Kier molecular flexibility index (Phi) is 7.14.